The van der Waals surface area contributed by atoms with Gasteiger partial charge in [-0.25, -0.2) is 0 Å². The molecule has 4 heteroatoms. The maximum Gasteiger partial charge on any atom is 0.258 e. The van der Waals surface area contributed by atoms with Crippen LogP contribution in [0.3, 0.4) is 0 Å². The van der Waals surface area contributed by atoms with E-state index in [2.05, 4.69) is 17.0 Å². The first-order valence-corrected chi connectivity index (χ1v) is 8.95. The summed E-state index contributed by atoms with van der Waals surface area (Å²) in [5, 5.41) is 10.6. The largest absolute Gasteiger partial charge is 0.380 e. The van der Waals surface area contributed by atoms with E-state index in [0.717, 1.165) is 31.5 Å². The number of amides is 1. The first kappa shape index (κ1) is 15.2. The maximum atomic E-state index is 12.8. The van der Waals surface area contributed by atoms with Gasteiger partial charge in [-0.3, -0.25) is 9.69 Å². The van der Waals surface area contributed by atoms with Crippen molar-refractivity contribution in [3.05, 3.63) is 29.3 Å². The lowest BCUT2D eigenvalue weighted by Crippen LogP contribution is -2.48. The smallest absolute Gasteiger partial charge is 0.258 e. The highest BCUT2D eigenvalue weighted by molar-refractivity contribution is 6.01. The van der Waals surface area contributed by atoms with Gasteiger partial charge in [0.2, 0.25) is 0 Å². The summed E-state index contributed by atoms with van der Waals surface area (Å²) in [6, 6.07) is 6.29. The van der Waals surface area contributed by atoms with Crippen LogP contribution in [0.25, 0.3) is 0 Å². The summed E-state index contributed by atoms with van der Waals surface area (Å²) in [6.45, 7) is 5.75. The van der Waals surface area contributed by atoms with Gasteiger partial charge in [-0.1, -0.05) is 12.1 Å². The first-order chi connectivity index (χ1) is 11.1. The van der Waals surface area contributed by atoms with Crippen LogP contribution in [0.15, 0.2) is 18.2 Å². The van der Waals surface area contributed by atoms with Crippen molar-refractivity contribution in [1.82, 2.24) is 4.90 Å². The quantitative estimate of drug-likeness (QED) is 0.927. The monoisotopic (exact) mass is 314 g/mol. The normalized spacial score (nSPS) is 23.8. The van der Waals surface area contributed by atoms with Gasteiger partial charge in [0.25, 0.3) is 5.91 Å². The van der Waals surface area contributed by atoms with E-state index in [0.29, 0.717) is 6.54 Å². The number of nitrogens with zero attached hydrogens (tertiary/aromatic N) is 2. The summed E-state index contributed by atoms with van der Waals surface area (Å²) in [7, 11) is 0. The van der Waals surface area contributed by atoms with E-state index >= 15 is 0 Å². The minimum atomic E-state index is -1.20. The summed E-state index contributed by atoms with van der Waals surface area (Å²) in [5.74, 6) is 0.0314. The molecule has 2 aliphatic heterocycles. The molecule has 3 aliphatic rings. The summed E-state index contributed by atoms with van der Waals surface area (Å²) in [6.07, 6.45) is 5.43. The van der Waals surface area contributed by atoms with Crippen molar-refractivity contribution in [2.75, 3.05) is 24.5 Å². The van der Waals surface area contributed by atoms with Gasteiger partial charge in [0.1, 0.15) is 5.60 Å². The van der Waals surface area contributed by atoms with E-state index < -0.39 is 5.60 Å². The second-order valence-corrected chi connectivity index (χ2v) is 7.53. The molecule has 1 amide bonds. The van der Waals surface area contributed by atoms with Crippen molar-refractivity contribution in [2.24, 2.45) is 5.92 Å². The molecule has 0 spiro atoms. The number of fused-ring (bicyclic) bond motifs is 1. The third-order valence-corrected chi connectivity index (χ3v) is 5.77. The Morgan fingerprint density at radius 2 is 2.00 bits per heavy atom. The molecule has 1 aliphatic carbocycles. The van der Waals surface area contributed by atoms with Gasteiger partial charge in [-0.05, 0) is 75.2 Å². The van der Waals surface area contributed by atoms with Crippen molar-refractivity contribution >= 4 is 11.6 Å². The van der Waals surface area contributed by atoms with Crippen molar-refractivity contribution in [3.63, 3.8) is 0 Å². The minimum Gasteiger partial charge on any atom is -0.380 e. The number of hydrogen-bond acceptors (Lipinski definition) is 3. The maximum absolute atomic E-state index is 12.8. The SMILES string of the molecule is CC(O)(C(=O)N1CCc2c(CN3CCCC3)cccc21)C1CC1. The fourth-order valence-corrected chi connectivity index (χ4v) is 4.14. The molecule has 1 aromatic rings. The van der Waals surface area contributed by atoms with E-state index in [1.54, 1.807) is 6.92 Å². The van der Waals surface area contributed by atoms with Crippen LogP contribution in [0, 0.1) is 5.92 Å². The predicted octanol–water partition coefficient (Wildman–Crippen LogP) is 2.33. The average Bonchev–Trinajstić information content (AvgIpc) is 3.12. The van der Waals surface area contributed by atoms with E-state index in [-0.39, 0.29) is 11.8 Å². The standard InChI is InChI=1S/C19H26N2O2/c1-19(23,15-7-8-15)18(22)21-12-9-16-14(5-4-6-17(16)21)13-20-10-2-3-11-20/h4-6,15,23H,2-3,7-13H2,1H3. The number of hydrogen-bond donors (Lipinski definition) is 1. The Hall–Kier alpha value is -1.39. The Morgan fingerprint density at radius 1 is 1.26 bits per heavy atom. The molecule has 1 unspecified atom stereocenters. The number of benzene rings is 1. The minimum absolute atomic E-state index is 0.114. The van der Waals surface area contributed by atoms with Crippen LogP contribution in [0.4, 0.5) is 5.69 Å². The number of aliphatic hydroxyl groups is 1. The van der Waals surface area contributed by atoms with E-state index in [1.165, 1.54) is 37.1 Å². The molecule has 1 atom stereocenters. The fraction of sp³-hybridized carbons (Fsp3) is 0.632. The molecule has 0 bridgehead atoms. The third-order valence-electron chi connectivity index (χ3n) is 5.77. The molecule has 0 radical (unpaired) electrons. The second kappa shape index (κ2) is 5.60. The Morgan fingerprint density at radius 3 is 2.70 bits per heavy atom. The van der Waals surface area contributed by atoms with Crippen molar-refractivity contribution in [1.29, 1.82) is 0 Å². The zero-order chi connectivity index (χ0) is 16.0. The molecule has 23 heavy (non-hydrogen) atoms. The summed E-state index contributed by atoms with van der Waals surface area (Å²) in [5.41, 5.74) is 2.48. The molecule has 1 aromatic carbocycles. The lowest BCUT2D eigenvalue weighted by Gasteiger charge is -2.28. The Labute approximate surface area is 138 Å². The van der Waals surface area contributed by atoms with Crippen LogP contribution in [-0.4, -0.2) is 41.1 Å². The lowest BCUT2D eigenvalue weighted by molar-refractivity contribution is -0.137. The summed E-state index contributed by atoms with van der Waals surface area (Å²) in [4.78, 5) is 17.2. The van der Waals surface area contributed by atoms with Gasteiger partial charge in [0, 0.05) is 18.8 Å². The van der Waals surface area contributed by atoms with Crippen LogP contribution in [-0.2, 0) is 17.8 Å². The number of rotatable bonds is 4. The summed E-state index contributed by atoms with van der Waals surface area (Å²) < 4.78 is 0. The van der Waals surface area contributed by atoms with Crippen LogP contribution < -0.4 is 4.90 Å². The molecular weight excluding hydrogens is 288 g/mol. The predicted molar refractivity (Wildman–Crippen MR) is 90.4 cm³/mol. The zero-order valence-corrected chi connectivity index (χ0v) is 13.9. The Bertz CT molecular complexity index is 616. The van der Waals surface area contributed by atoms with Gasteiger partial charge in [0.05, 0.1) is 0 Å². The molecule has 2 fully saturated rings. The van der Waals surface area contributed by atoms with Crippen molar-refractivity contribution in [3.8, 4) is 0 Å². The molecule has 2 heterocycles. The molecule has 1 N–H and O–H groups in total. The molecule has 0 aromatic heterocycles. The van der Waals surface area contributed by atoms with Gasteiger partial charge in [0.15, 0.2) is 0 Å². The van der Waals surface area contributed by atoms with Gasteiger partial charge < -0.3 is 10.0 Å². The highest BCUT2D eigenvalue weighted by atomic mass is 16.3. The summed E-state index contributed by atoms with van der Waals surface area (Å²) >= 11 is 0. The van der Waals surface area contributed by atoms with Crippen LogP contribution in [0.1, 0.15) is 43.7 Å². The number of carbonyl (C=O) groups excluding carboxylic acids is 1. The molecule has 1 saturated carbocycles. The van der Waals surface area contributed by atoms with Crippen LogP contribution in [0.2, 0.25) is 0 Å². The molecule has 4 nitrogen and oxygen atoms in total. The van der Waals surface area contributed by atoms with Crippen molar-refractivity contribution < 1.29 is 9.90 Å². The molecule has 124 valence electrons. The number of carbonyl (C=O) groups is 1. The number of anilines is 1. The van der Waals surface area contributed by atoms with E-state index in [9.17, 15) is 9.90 Å². The second-order valence-electron chi connectivity index (χ2n) is 7.53. The third kappa shape index (κ3) is 2.68. The molecule has 4 rings (SSSR count). The van der Waals surface area contributed by atoms with Crippen LogP contribution >= 0.6 is 0 Å². The molecular formula is C19H26N2O2. The Kier molecular flexibility index (Phi) is 3.69. The Balaban J connectivity index is 1.58. The lowest BCUT2D eigenvalue weighted by atomic mass is 9.98. The van der Waals surface area contributed by atoms with E-state index in [4.69, 9.17) is 0 Å². The first-order valence-electron chi connectivity index (χ1n) is 8.95. The van der Waals surface area contributed by atoms with Gasteiger partial charge in [-0.15, -0.1) is 0 Å². The highest BCUT2D eigenvalue weighted by Crippen LogP contribution is 2.42. The van der Waals surface area contributed by atoms with Crippen LogP contribution in [0.5, 0.6) is 0 Å². The highest BCUT2D eigenvalue weighted by Gasteiger charge is 2.48. The van der Waals surface area contributed by atoms with E-state index in [1.807, 2.05) is 11.0 Å². The average molecular weight is 314 g/mol. The van der Waals surface area contributed by atoms with Crippen molar-refractivity contribution in [2.45, 2.75) is 51.2 Å². The van der Waals surface area contributed by atoms with Gasteiger partial charge in [-0.2, -0.15) is 0 Å². The molecule has 1 saturated heterocycles. The van der Waals surface area contributed by atoms with Gasteiger partial charge >= 0.3 is 0 Å². The fourth-order valence-electron chi connectivity index (χ4n) is 4.14. The topological polar surface area (TPSA) is 43.8 Å². The zero-order valence-electron chi connectivity index (χ0n) is 13.9. The number of likely N-dealkylation sites (tertiary alicyclic amines) is 1.